The maximum Gasteiger partial charge on any atom is 0.224 e. The molecule has 7 heteroatoms. The number of aryl methyl sites for hydroxylation is 1. The Hall–Kier alpha value is -2.28. The zero-order chi connectivity index (χ0) is 19.6. The summed E-state index contributed by atoms with van der Waals surface area (Å²) in [6.07, 6.45) is 1.44. The third kappa shape index (κ3) is 4.91. The second-order valence-corrected chi connectivity index (χ2v) is 8.98. The third-order valence-corrected chi connectivity index (χ3v) is 6.36. The van der Waals surface area contributed by atoms with Crippen molar-refractivity contribution in [2.45, 2.75) is 43.7 Å². The van der Waals surface area contributed by atoms with Gasteiger partial charge in [-0.1, -0.05) is 23.8 Å². The highest BCUT2D eigenvalue weighted by molar-refractivity contribution is 7.91. The van der Waals surface area contributed by atoms with Crippen LogP contribution in [-0.4, -0.2) is 31.0 Å². The second-order valence-electron chi connectivity index (χ2n) is 6.87. The molecular weight excluding hydrogens is 372 g/mol. The van der Waals surface area contributed by atoms with Gasteiger partial charge in [0.2, 0.25) is 5.91 Å². The number of benzene rings is 2. The fourth-order valence-electron chi connectivity index (χ4n) is 2.87. The molecule has 1 amide bonds. The first kappa shape index (κ1) is 19.5. The van der Waals surface area contributed by atoms with Gasteiger partial charge in [0, 0.05) is 30.6 Å². The Morgan fingerprint density at radius 1 is 1.11 bits per heavy atom. The van der Waals surface area contributed by atoms with E-state index in [-0.39, 0.29) is 41.1 Å². The molecule has 2 aromatic rings. The van der Waals surface area contributed by atoms with Crippen LogP contribution in [0.25, 0.3) is 0 Å². The van der Waals surface area contributed by atoms with Crippen molar-refractivity contribution in [1.29, 1.82) is 0 Å². The van der Waals surface area contributed by atoms with Gasteiger partial charge < -0.3 is 4.90 Å². The van der Waals surface area contributed by atoms with E-state index in [4.69, 9.17) is 0 Å². The Morgan fingerprint density at radius 3 is 2.37 bits per heavy atom. The van der Waals surface area contributed by atoms with Crippen LogP contribution in [0.1, 0.15) is 30.4 Å². The van der Waals surface area contributed by atoms with Gasteiger partial charge in [0.15, 0.2) is 9.84 Å². The van der Waals surface area contributed by atoms with Crippen molar-refractivity contribution in [2.75, 3.05) is 5.75 Å². The van der Waals surface area contributed by atoms with E-state index in [1.807, 2.05) is 6.92 Å². The summed E-state index contributed by atoms with van der Waals surface area (Å²) in [6.45, 7) is 1.88. The average Bonchev–Trinajstić information content (AvgIpc) is 3.44. The van der Waals surface area contributed by atoms with Gasteiger partial charge in [-0.3, -0.25) is 4.79 Å². The minimum Gasteiger partial charge on any atom is -0.335 e. The van der Waals surface area contributed by atoms with Crippen molar-refractivity contribution in [2.24, 2.45) is 0 Å². The van der Waals surface area contributed by atoms with Crippen LogP contribution in [0.3, 0.4) is 0 Å². The van der Waals surface area contributed by atoms with E-state index in [0.29, 0.717) is 0 Å². The van der Waals surface area contributed by atoms with Gasteiger partial charge in [-0.25, -0.2) is 17.2 Å². The van der Waals surface area contributed by atoms with Gasteiger partial charge in [-0.05, 0) is 38.0 Å². The molecule has 27 heavy (non-hydrogen) atoms. The summed E-state index contributed by atoms with van der Waals surface area (Å²) in [4.78, 5) is 14.3. The van der Waals surface area contributed by atoms with Gasteiger partial charge in [0.1, 0.15) is 11.6 Å². The minimum atomic E-state index is -3.57. The summed E-state index contributed by atoms with van der Waals surface area (Å²) < 4.78 is 51.8. The zero-order valence-corrected chi connectivity index (χ0v) is 15.8. The normalized spacial score (nSPS) is 14.2. The predicted octanol–water partition coefficient (Wildman–Crippen LogP) is 3.63. The Bertz CT molecular complexity index is 938. The molecule has 0 N–H and O–H groups in total. The molecular formula is C20H21F2NO3S. The van der Waals surface area contributed by atoms with E-state index in [1.165, 1.54) is 23.1 Å². The zero-order valence-electron chi connectivity index (χ0n) is 15.0. The highest BCUT2D eigenvalue weighted by atomic mass is 32.2. The number of nitrogens with zero attached hydrogens (tertiary/aromatic N) is 1. The summed E-state index contributed by atoms with van der Waals surface area (Å²) in [5.41, 5.74) is 1.17. The molecule has 4 nitrogen and oxygen atoms in total. The smallest absolute Gasteiger partial charge is 0.224 e. The Labute approximate surface area is 157 Å². The number of rotatable bonds is 7. The Balaban J connectivity index is 1.68. The van der Waals surface area contributed by atoms with Crippen LogP contribution < -0.4 is 0 Å². The maximum atomic E-state index is 13.9. The number of carbonyl (C=O) groups excluding carboxylic acids is 1. The van der Waals surface area contributed by atoms with Crippen molar-refractivity contribution >= 4 is 15.7 Å². The van der Waals surface area contributed by atoms with Crippen LogP contribution in [0, 0.1) is 18.6 Å². The van der Waals surface area contributed by atoms with E-state index in [1.54, 1.807) is 12.1 Å². The predicted molar refractivity (Wildman–Crippen MR) is 97.8 cm³/mol. The molecule has 0 spiro atoms. The van der Waals surface area contributed by atoms with Crippen LogP contribution in [0.5, 0.6) is 0 Å². The van der Waals surface area contributed by atoms with Gasteiger partial charge >= 0.3 is 0 Å². The van der Waals surface area contributed by atoms with Crippen LogP contribution in [0.4, 0.5) is 8.78 Å². The molecule has 2 aromatic carbocycles. The summed E-state index contributed by atoms with van der Waals surface area (Å²) in [7, 11) is -3.57. The molecule has 0 atom stereocenters. The maximum absolute atomic E-state index is 13.9. The minimum absolute atomic E-state index is 0.0102. The molecule has 0 aromatic heterocycles. The molecule has 1 aliphatic rings. The Kier molecular flexibility index (Phi) is 5.60. The fourth-order valence-corrected chi connectivity index (χ4v) is 4.10. The third-order valence-electron chi connectivity index (χ3n) is 4.63. The summed E-state index contributed by atoms with van der Waals surface area (Å²) >= 11 is 0. The summed E-state index contributed by atoms with van der Waals surface area (Å²) in [6, 6.07) is 9.72. The number of halogens is 2. The molecule has 0 heterocycles. The van der Waals surface area contributed by atoms with E-state index in [2.05, 4.69) is 0 Å². The number of carbonyl (C=O) groups is 1. The first-order valence-electron chi connectivity index (χ1n) is 8.79. The Morgan fingerprint density at radius 2 is 1.78 bits per heavy atom. The molecule has 0 saturated heterocycles. The van der Waals surface area contributed by atoms with E-state index >= 15 is 0 Å². The number of hydrogen-bond acceptors (Lipinski definition) is 3. The van der Waals surface area contributed by atoms with Crippen LogP contribution in [-0.2, 0) is 21.2 Å². The molecule has 1 saturated carbocycles. The molecule has 1 fully saturated rings. The molecule has 0 aliphatic heterocycles. The average molecular weight is 393 g/mol. The van der Waals surface area contributed by atoms with E-state index in [0.717, 1.165) is 30.5 Å². The largest absolute Gasteiger partial charge is 0.335 e. The highest BCUT2D eigenvalue weighted by Gasteiger charge is 2.33. The molecule has 144 valence electrons. The van der Waals surface area contributed by atoms with E-state index < -0.39 is 21.5 Å². The SMILES string of the molecule is Cc1ccc(S(=O)(=O)CCC(=O)N(Cc2ccc(F)cc2F)C2CC2)cc1. The second kappa shape index (κ2) is 7.76. The van der Waals surface area contributed by atoms with Crippen LogP contribution in [0.2, 0.25) is 0 Å². The standard InChI is InChI=1S/C20H21F2NO3S/c1-14-2-8-18(9-3-14)27(25,26)11-10-20(24)23(17-6-7-17)13-15-4-5-16(21)12-19(15)22/h2-5,8-9,12,17H,6-7,10-11,13H2,1H3. The van der Waals surface area contributed by atoms with Gasteiger partial charge in [-0.2, -0.15) is 0 Å². The summed E-state index contributed by atoms with van der Waals surface area (Å²) in [5.74, 6) is -2.02. The molecule has 0 bridgehead atoms. The lowest BCUT2D eigenvalue weighted by atomic mass is 10.2. The molecule has 1 aliphatic carbocycles. The monoisotopic (exact) mass is 393 g/mol. The highest BCUT2D eigenvalue weighted by Crippen LogP contribution is 2.30. The lowest BCUT2D eigenvalue weighted by Crippen LogP contribution is -2.34. The molecule has 3 rings (SSSR count). The van der Waals surface area contributed by atoms with Crippen molar-refractivity contribution in [3.05, 3.63) is 65.2 Å². The van der Waals surface area contributed by atoms with Crippen molar-refractivity contribution in [3.63, 3.8) is 0 Å². The van der Waals surface area contributed by atoms with E-state index in [9.17, 15) is 22.0 Å². The molecule has 0 unspecified atom stereocenters. The van der Waals surface area contributed by atoms with Crippen LogP contribution in [0.15, 0.2) is 47.4 Å². The molecule has 0 radical (unpaired) electrons. The first-order valence-corrected chi connectivity index (χ1v) is 10.4. The van der Waals surface area contributed by atoms with Crippen LogP contribution >= 0.6 is 0 Å². The number of amides is 1. The summed E-state index contributed by atoms with van der Waals surface area (Å²) in [5, 5.41) is 0. The van der Waals surface area contributed by atoms with Crippen molar-refractivity contribution in [3.8, 4) is 0 Å². The van der Waals surface area contributed by atoms with Gasteiger partial charge in [-0.15, -0.1) is 0 Å². The van der Waals surface area contributed by atoms with Gasteiger partial charge in [0.05, 0.1) is 10.6 Å². The lowest BCUT2D eigenvalue weighted by Gasteiger charge is -2.23. The van der Waals surface area contributed by atoms with Crippen molar-refractivity contribution in [1.82, 2.24) is 4.90 Å². The van der Waals surface area contributed by atoms with Crippen molar-refractivity contribution < 1.29 is 22.0 Å². The number of hydrogen-bond donors (Lipinski definition) is 0. The number of sulfone groups is 1. The lowest BCUT2D eigenvalue weighted by molar-refractivity contribution is -0.132. The quantitative estimate of drug-likeness (QED) is 0.722. The topological polar surface area (TPSA) is 54.5 Å². The van der Waals surface area contributed by atoms with Gasteiger partial charge in [0.25, 0.3) is 0 Å². The first-order chi connectivity index (χ1) is 12.8. The fraction of sp³-hybridized carbons (Fsp3) is 0.350.